The highest BCUT2D eigenvalue weighted by atomic mass is 31.2. The summed E-state index contributed by atoms with van der Waals surface area (Å²) < 4.78 is 25.2. The minimum Gasteiger partial charge on any atom is -0.425 e. The molecule has 1 aliphatic heterocycles. The van der Waals surface area contributed by atoms with Crippen LogP contribution in [0.1, 0.15) is 70.4 Å². The monoisotopic (exact) mass is 362 g/mol. The number of unbranched alkanes of at least 4 members (excludes halogenated alkanes) is 2. The van der Waals surface area contributed by atoms with E-state index in [0.29, 0.717) is 11.9 Å². The average Bonchev–Trinajstić information content (AvgIpc) is 2.60. The molecule has 25 heavy (non-hydrogen) atoms. The minimum atomic E-state index is -3.32. The lowest BCUT2D eigenvalue weighted by molar-refractivity contribution is 0.251. The van der Waals surface area contributed by atoms with Crippen LogP contribution < -0.4 is 0 Å². The Kier molecular flexibility index (Phi) is 7.53. The van der Waals surface area contributed by atoms with Crippen LogP contribution in [0.25, 0.3) is 5.31 Å². The summed E-state index contributed by atoms with van der Waals surface area (Å²) in [6.45, 7) is 8.62. The summed E-state index contributed by atoms with van der Waals surface area (Å²) in [6.07, 6.45) is 8.20. The van der Waals surface area contributed by atoms with Gasteiger partial charge in [0.1, 0.15) is 5.76 Å². The SMILES string of the molecule is CCCCC1=C(CCCC)OP(=O)(OCC)C(c2ccc(C)cc2)=C1. The van der Waals surface area contributed by atoms with E-state index in [1.807, 2.05) is 38.1 Å². The molecule has 0 fully saturated rings. The molecule has 138 valence electrons. The van der Waals surface area contributed by atoms with E-state index in [4.69, 9.17) is 9.05 Å². The molecule has 0 radical (unpaired) electrons. The number of aryl methyl sites for hydroxylation is 1. The Hall–Kier alpha value is -1.31. The molecule has 1 aromatic rings. The van der Waals surface area contributed by atoms with Crippen molar-refractivity contribution in [2.75, 3.05) is 6.61 Å². The summed E-state index contributed by atoms with van der Waals surface area (Å²) in [4.78, 5) is 0. The summed E-state index contributed by atoms with van der Waals surface area (Å²) in [5, 5.41) is 0.695. The minimum absolute atomic E-state index is 0.367. The lowest BCUT2D eigenvalue weighted by atomic mass is 10.0. The van der Waals surface area contributed by atoms with Crippen LogP contribution in [0.3, 0.4) is 0 Å². The van der Waals surface area contributed by atoms with Gasteiger partial charge < -0.3 is 4.52 Å². The Labute approximate surface area is 152 Å². The highest BCUT2D eigenvalue weighted by Gasteiger charge is 2.37. The van der Waals surface area contributed by atoms with Crippen molar-refractivity contribution in [2.45, 2.75) is 66.2 Å². The Morgan fingerprint density at radius 3 is 2.24 bits per heavy atom. The molecule has 3 nitrogen and oxygen atoms in total. The molecule has 0 aromatic heterocycles. The van der Waals surface area contributed by atoms with Crippen LogP contribution in [0.5, 0.6) is 0 Å². The molecule has 1 aromatic carbocycles. The molecule has 2 rings (SSSR count). The van der Waals surface area contributed by atoms with Gasteiger partial charge in [0.25, 0.3) is 0 Å². The van der Waals surface area contributed by atoms with Gasteiger partial charge in [-0.05, 0) is 50.3 Å². The molecule has 0 bridgehead atoms. The number of allylic oxidation sites excluding steroid dienone is 3. The first-order valence-corrected chi connectivity index (χ1v) is 11.0. The fraction of sp³-hybridized carbons (Fsp3) is 0.524. The van der Waals surface area contributed by atoms with Crippen LogP contribution in [0, 0.1) is 6.92 Å². The number of rotatable bonds is 9. The van der Waals surface area contributed by atoms with Crippen LogP contribution in [-0.4, -0.2) is 6.61 Å². The fourth-order valence-electron chi connectivity index (χ4n) is 2.93. The molecule has 0 saturated carbocycles. The van der Waals surface area contributed by atoms with Crippen LogP contribution in [-0.2, 0) is 13.6 Å². The van der Waals surface area contributed by atoms with Crippen molar-refractivity contribution in [3.63, 3.8) is 0 Å². The van der Waals surface area contributed by atoms with Gasteiger partial charge in [-0.15, -0.1) is 0 Å². The maximum atomic E-state index is 13.5. The molecule has 0 amide bonds. The van der Waals surface area contributed by atoms with Crippen molar-refractivity contribution in [2.24, 2.45) is 0 Å². The third-order valence-corrected chi connectivity index (χ3v) is 6.43. The summed E-state index contributed by atoms with van der Waals surface area (Å²) in [5.74, 6) is 0.864. The number of benzene rings is 1. The van der Waals surface area contributed by atoms with Gasteiger partial charge in [-0.3, -0.25) is 4.52 Å². The molecule has 1 unspecified atom stereocenters. The second-order valence-electron chi connectivity index (χ2n) is 6.56. The van der Waals surface area contributed by atoms with Gasteiger partial charge in [0.15, 0.2) is 0 Å². The van der Waals surface area contributed by atoms with E-state index in [9.17, 15) is 4.57 Å². The molecule has 1 heterocycles. The topological polar surface area (TPSA) is 35.5 Å². The van der Waals surface area contributed by atoms with Crippen molar-refractivity contribution in [3.05, 3.63) is 52.8 Å². The van der Waals surface area contributed by atoms with Gasteiger partial charge in [0.2, 0.25) is 0 Å². The first-order valence-electron chi connectivity index (χ1n) is 9.49. The fourth-order valence-corrected chi connectivity index (χ4v) is 4.84. The summed E-state index contributed by atoms with van der Waals surface area (Å²) in [6, 6.07) is 8.08. The van der Waals surface area contributed by atoms with E-state index < -0.39 is 7.60 Å². The Morgan fingerprint density at radius 2 is 1.64 bits per heavy atom. The zero-order valence-electron chi connectivity index (χ0n) is 16.0. The quantitative estimate of drug-likeness (QED) is 0.435. The molecular weight excluding hydrogens is 331 g/mol. The predicted octanol–water partition coefficient (Wildman–Crippen LogP) is 7.23. The lowest BCUT2D eigenvalue weighted by Gasteiger charge is -2.29. The van der Waals surface area contributed by atoms with Crippen molar-refractivity contribution < 1.29 is 13.6 Å². The van der Waals surface area contributed by atoms with E-state index in [1.54, 1.807) is 0 Å². The van der Waals surface area contributed by atoms with E-state index in [1.165, 1.54) is 11.1 Å². The highest BCUT2D eigenvalue weighted by molar-refractivity contribution is 7.65. The summed E-state index contributed by atoms with van der Waals surface area (Å²) in [7, 11) is -3.32. The summed E-state index contributed by atoms with van der Waals surface area (Å²) >= 11 is 0. The van der Waals surface area contributed by atoms with Crippen molar-refractivity contribution in [1.82, 2.24) is 0 Å². The summed E-state index contributed by atoms with van der Waals surface area (Å²) in [5.41, 5.74) is 3.28. The number of hydrogen-bond acceptors (Lipinski definition) is 3. The van der Waals surface area contributed by atoms with Gasteiger partial charge in [0.05, 0.1) is 11.9 Å². The van der Waals surface area contributed by atoms with Crippen LogP contribution in [0.2, 0.25) is 0 Å². The lowest BCUT2D eigenvalue weighted by Crippen LogP contribution is -2.07. The van der Waals surface area contributed by atoms with Gasteiger partial charge in [0, 0.05) is 6.42 Å². The first-order chi connectivity index (χ1) is 12.0. The average molecular weight is 362 g/mol. The molecule has 4 heteroatoms. The maximum absolute atomic E-state index is 13.5. The van der Waals surface area contributed by atoms with Crippen LogP contribution in [0.4, 0.5) is 0 Å². The molecule has 0 saturated heterocycles. The van der Waals surface area contributed by atoms with Crippen LogP contribution in [0.15, 0.2) is 41.7 Å². The Balaban J connectivity index is 2.48. The molecule has 1 atom stereocenters. The zero-order chi connectivity index (χ0) is 18.3. The molecule has 0 aliphatic carbocycles. The smallest absolute Gasteiger partial charge is 0.411 e. The van der Waals surface area contributed by atoms with E-state index in [0.717, 1.165) is 49.8 Å². The highest BCUT2D eigenvalue weighted by Crippen LogP contribution is 2.65. The normalized spacial score (nSPS) is 20.4. The molecule has 0 N–H and O–H groups in total. The second-order valence-corrected chi connectivity index (χ2v) is 8.48. The molecule has 0 spiro atoms. The molecular formula is C21H31O3P. The Morgan fingerprint density at radius 1 is 1.00 bits per heavy atom. The largest absolute Gasteiger partial charge is 0.425 e. The van der Waals surface area contributed by atoms with E-state index in [-0.39, 0.29) is 0 Å². The standard InChI is InChI=1S/C21H31O3P/c1-5-8-10-19-16-21(18-14-12-17(4)13-15-18)25(22,23-7-3)24-20(19)11-9-6-2/h12-16H,5-11H2,1-4H3. The van der Waals surface area contributed by atoms with Crippen molar-refractivity contribution >= 4 is 12.9 Å². The predicted molar refractivity (Wildman–Crippen MR) is 106 cm³/mol. The van der Waals surface area contributed by atoms with Crippen LogP contribution >= 0.6 is 7.60 Å². The van der Waals surface area contributed by atoms with Gasteiger partial charge in [-0.25, -0.2) is 4.57 Å². The van der Waals surface area contributed by atoms with Crippen molar-refractivity contribution in [1.29, 1.82) is 0 Å². The van der Waals surface area contributed by atoms with Gasteiger partial charge >= 0.3 is 7.60 Å². The first kappa shape index (κ1) is 20.0. The van der Waals surface area contributed by atoms with E-state index >= 15 is 0 Å². The second kappa shape index (κ2) is 9.40. The third-order valence-electron chi connectivity index (χ3n) is 4.40. The molecule has 1 aliphatic rings. The zero-order valence-corrected chi connectivity index (χ0v) is 16.9. The Bertz CT molecular complexity index is 671. The van der Waals surface area contributed by atoms with Gasteiger partial charge in [-0.1, -0.05) is 56.5 Å². The third kappa shape index (κ3) is 5.09. The number of hydrogen-bond donors (Lipinski definition) is 0. The van der Waals surface area contributed by atoms with Gasteiger partial charge in [-0.2, -0.15) is 0 Å². The van der Waals surface area contributed by atoms with Crippen molar-refractivity contribution in [3.8, 4) is 0 Å². The van der Waals surface area contributed by atoms with E-state index in [2.05, 4.69) is 19.9 Å². The maximum Gasteiger partial charge on any atom is 0.411 e.